The van der Waals surface area contributed by atoms with Crippen LogP contribution in [-0.2, 0) is 4.74 Å². The van der Waals surface area contributed by atoms with Gasteiger partial charge in [-0.15, -0.1) is 0 Å². The Morgan fingerprint density at radius 1 is 1.50 bits per heavy atom. The van der Waals surface area contributed by atoms with Crippen molar-refractivity contribution < 1.29 is 4.74 Å². The summed E-state index contributed by atoms with van der Waals surface area (Å²) in [5.74, 6) is 1.24. The third kappa shape index (κ3) is 1.90. The van der Waals surface area contributed by atoms with Gasteiger partial charge in [0.2, 0.25) is 0 Å². The first-order valence-corrected chi connectivity index (χ1v) is 7.33. The summed E-state index contributed by atoms with van der Waals surface area (Å²) in [5.41, 5.74) is 6.27. The number of nitrogens with two attached hydrogens (primary N) is 1. The average molecular weight is 244 g/mol. The average Bonchev–Trinajstić information content (AvgIpc) is 2.84. The molecule has 4 heteroatoms. The number of ether oxygens (including phenoxy) is 1. The highest BCUT2D eigenvalue weighted by atomic mass is 32.2. The maximum atomic E-state index is 6.08. The van der Waals surface area contributed by atoms with Gasteiger partial charge in [-0.05, 0) is 32.6 Å². The van der Waals surface area contributed by atoms with E-state index >= 15 is 0 Å². The first-order chi connectivity index (χ1) is 7.62. The van der Waals surface area contributed by atoms with Gasteiger partial charge in [0, 0.05) is 30.0 Å². The standard InChI is InChI=1S/C12H24N2OS/c1-9-11(4-6-15-9)14(3)12(8-13)5-7-16-10(12)2/h9-11H,4-8,13H2,1-3H3. The number of thioether (sulfide) groups is 1. The van der Waals surface area contributed by atoms with Crippen LogP contribution in [0.3, 0.4) is 0 Å². The summed E-state index contributed by atoms with van der Waals surface area (Å²) in [4.78, 5) is 2.52. The molecule has 2 rings (SSSR count). The zero-order valence-corrected chi connectivity index (χ0v) is 11.4. The molecule has 0 bridgehead atoms. The van der Waals surface area contributed by atoms with E-state index in [1.807, 2.05) is 0 Å². The van der Waals surface area contributed by atoms with E-state index < -0.39 is 0 Å². The van der Waals surface area contributed by atoms with Crippen LogP contribution in [0.15, 0.2) is 0 Å². The fraction of sp³-hybridized carbons (Fsp3) is 1.00. The van der Waals surface area contributed by atoms with E-state index in [2.05, 4.69) is 37.6 Å². The lowest BCUT2D eigenvalue weighted by Gasteiger charge is -2.45. The van der Waals surface area contributed by atoms with Crippen LogP contribution in [-0.4, -0.2) is 53.8 Å². The second kappa shape index (κ2) is 4.84. The van der Waals surface area contributed by atoms with Crippen LogP contribution in [0.25, 0.3) is 0 Å². The van der Waals surface area contributed by atoms with Crippen molar-refractivity contribution in [2.24, 2.45) is 5.73 Å². The van der Waals surface area contributed by atoms with Crippen molar-refractivity contribution in [2.45, 2.75) is 49.6 Å². The molecule has 2 saturated heterocycles. The monoisotopic (exact) mass is 244 g/mol. The Morgan fingerprint density at radius 3 is 2.69 bits per heavy atom. The highest BCUT2D eigenvalue weighted by Crippen LogP contribution is 2.41. The number of nitrogens with zero attached hydrogens (tertiary/aromatic N) is 1. The molecule has 2 aliphatic heterocycles. The summed E-state index contributed by atoms with van der Waals surface area (Å²) < 4.78 is 5.68. The molecule has 0 aromatic heterocycles. The Balaban J connectivity index is 2.14. The van der Waals surface area contributed by atoms with Gasteiger partial charge < -0.3 is 10.5 Å². The van der Waals surface area contributed by atoms with Gasteiger partial charge in [-0.2, -0.15) is 11.8 Å². The highest BCUT2D eigenvalue weighted by Gasteiger charge is 2.47. The van der Waals surface area contributed by atoms with Crippen molar-refractivity contribution in [2.75, 3.05) is 26.0 Å². The molecule has 0 spiro atoms. The fourth-order valence-corrected chi connectivity index (χ4v) is 4.72. The molecule has 3 nitrogen and oxygen atoms in total. The van der Waals surface area contributed by atoms with E-state index in [1.54, 1.807) is 0 Å². The van der Waals surface area contributed by atoms with Crippen molar-refractivity contribution in [3.05, 3.63) is 0 Å². The quantitative estimate of drug-likeness (QED) is 0.812. The van der Waals surface area contributed by atoms with E-state index in [0.717, 1.165) is 19.6 Å². The molecule has 4 unspecified atom stereocenters. The van der Waals surface area contributed by atoms with Gasteiger partial charge in [-0.25, -0.2) is 0 Å². The van der Waals surface area contributed by atoms with Crippen molar-refractivity contribution in [3.8, 4) is 0 Å². The van der Waals surface area contributed by atoms with Crippen molar-refractivity contribution >= 4 is 11.8 Å². The van der Waals surface area contributed by atoms with Crippen molar-refractivity contribution in [1.29, 1.82) is 0 Å². The topological polar surface area (TPSA) is 38.5 Å². The number of hydrogen-bond donors (Lipinski definition) is 1. The summed E-state index contributed by atoms with van der Waals surface area (Å²) >= 11 is 2.05. The molecule has 94 valence electrons. The first-order valence-electron chi connectivity index (χ1n) is 6.28. The minimum absolute atomic E-state index is 0.192. The van der Waals surface area contributed by atoms with Crippen LogP contribution in [0.1, 0.15) is 26.7 Å². The Bertz CT molecular complexity index is 251. The number of likely N-dealkylation sites (N-methyl/N-ethyl adjacent to an activating group) is 1. The molecule has 0 radical (unpaired) electrons. The van der Waals surface area contributed by atoms with Crippen LogP contribution in [0, 0.1) is 0 Å². The molecule has 0 aromatic rings. The minimum Gasteiger partial charge on any atom is -0.377 e. The normalized spacial score (nSPS) is 44.4. The molecule has 2 fully saturated rings. The summed E-state index contributed by atoms with van der Waals surface area (Å²) in [5, 5.41) is 0.635. The van der Waals surface area contributed by atoms with Crippen LogP contribution < -0.4 is 5.73 Å². The Labute approximate surface area is 103 Å². The molecule has 0 amide bonds. The lowest BCUT2D eigenvalue weighted by molar-refractivity contribution is 0.0302. The zero-order valence-electron chi connectivity index (χ0n) is 10.6. The maximum absolute atomic E-state index is 6.08. The number of rotatable bonds is 3. The van der Waals surface area contributed by atoms with Crippen molar-refractivity contribution in [1.82, 2.24) is 4.90 Å². The van der Waals surface area contributed by atoms with Gasteiger partial charge in [0.25, 0.3) is 0 Å². The Hall–Kier alpha value is 0.230. The lowest BCUT2D eigenvalue weighted by Crippen LogP contribution is -2.60. The van der Waals surface area contributed by atoms with Gasteiger partial charge in [-0.1, -0.05) is 6.92 Å². The van der Waals surface area contributed by atoms with E-state index in [1.165, 1.54) is 12.2 Å². The molecule has 0 aliphatic carbocycles. The predicted molar refractivity (Wildman–Crippen MR) is 69.9 cm³/mol. The second-order valence-electron chi connectivity index (χ2n) is 5.11. The molecule has 2 aliphatic rings. The molecule has 16 heavy (non-hydrogen) atoms. The summed E-state index contributed by atoms with van der Waals surface area (Å²) in [6.07, 6.45) is 2.72. The SMILES string of the molecule is CC1OCCC1N(C)C1(CN)CCSC1C. The maximum Gasteiger partial charge on any atom is 0.0703 e. The van der Waals surface area contributed by atoms with E-state index in [-0.39, 0.29) is 5.54 Å². The van der Waals surface area contributed by atoms with E-state index in [9.17, 15) is 0 Å². The molecular weight excluding hydrogens is 220 g/mol. The van der Waals surface area contributed by atoms with Crippen LogP contribution >= 0.6 is 11.8 Å². The zero-order chi connectivity index (χ0) is 11.8. The third-order valence-electron chi connectivity index (χ3n) is 4.55. The van der Waals surface area contributed by atoms with Crippen molar-refractivity contribution in [3.63, 3.8) is 0 Å². The molecule has 0 aromatic carbocycles. The number of hydrogen-bond acceptors (Lipinski definition) is 4. The Morgan fingerprint density at radius 2 is 2.25 bits per heavy atom. The van der Waals surface area contributed by atoms with Crippen LogP contribution in [0.5, 0.6) is 0 Å². The fourth-order valence-electron chi connectivity index (χ4n) is 3.21. The van der Waals surface area contributed by atoms with Gasteiger partial charge in [0.15, 0.2) is 0 Å². The molecule has 2 N–H and O–H groups in total. The molecule has 4 atom stereocenters. The smallest absolute Gasteiger partial charge is 0.0703 e. The highest BCUT2D eigenvalue weighted by molar-refractivity contribution is 8.00. The minimum atomic E-state index is 0.192. The van der Waals surface area contributed by atoms with Gasteiger partial charge in [-0.3, -0.25) is 4.90 Å². The van der Waals surface area contributed by atoms with Crippen LogP contribution in [0.4, 0.5) is 0 Å². The summed E-state index contributed by atoms with van der Waals surface area (Å²) in [6.45, 7) is 6.17. The lowest BCUT2D eigenvalue weighted by atomic mass is 9.88. The second-order valence-corrected chi connectivity index (χ2v) is 6.56. The van der Waals surface area contributed by atoms with E-state index in [4.69, 9.17) is 10.5 Å². The molecule has 2 heterocycles. The third-order valence-corrected chi connectivity index (χ3v) is 5.93. The Kier molecular flexibility index (Phi) is 3.84. The largest absolute Gasteiger partial charge is 0.377 e. The van der Waals surface area contributed by atoms with E-state index in [0.29, 0.717) is 17.4 Å². The van der Waals surface area contributed by atoms with Gasteiger partial charge in [0.1, 0.15) is 0 Å². The predicted octanol–water partition coefficient (Wildman–Crippen LogP) is 1.32. The van der Waals surface area contributed by atoms with Gasteiger partial charge in [0.05, 0.1) is 6.10 Å². The summed E-state index contributed by atoms with van der Waals surface area (Å²) in [6, 6.07) is 0.546. The van der Waals surface area contributed by atoms with Crippen LogP contribution in [0.2, 0.25) is 0 Å². The summed E-state index contributed by atoms with van der Waals surface area (Å²) in [7, 11) is 2.24. The van der Waals surface area contributed by atoms with Gasteiger partial charge >= 0.3 is 0 Å². The molecular formula is C12H24N2OS. The molecule has 0 saturated carbocycles. The first kappa shape index (κ1) is 12.7.